The molecule has 4 N–H and O–H groups in total. The molecule has 5 nitrogen and oxygen atoms in total. The lowest BCUT2D eigenvalue weighted by atomic mass is 9.99. The Morgan fingerprint density at radius 3 is 2.10 bits per heavy atom. The van der Waals surface area contributed by atoms with E-state index in [-0.39, 0.29) is 10.8 Å². The highest BCUT2D eigenvalue weighted by Gasteiger charge is 2.19. The van der Waals surface area contributed by atoms with Gasteiger partial charge in [-0.3, -0.25) is 0 Å². The summed E-state index contributed by atoms with van der Waals surface area (Å²) in [6, 6.07) is 8.57. The monoisotopic (exact) mass is 272 g/mol. The van der Waals surface area contributed by atoms with Crippen LogP contribution in [0.15, 0.2) is 30.3 Å². The van der Waals surface area contributed by atoms with Gasteiger partial charge in [-0.15, -0.1) is 0 Å². The van der Waals surface area contributed by atoms with Gasteiger partial charge in [0.2, 0.25) is 11.5 Å². The van der Waals surface area contributed by atoms with E-state index in [1.165, 1.54) is 7.11 Å². The molecule has 5 heteroatoms. The van der Waals surface area contributed by atoms with Gasteiger partial charge in [0.1, 0.15) is 5.75 Å². The molecule has 0 spiro atoms. The quantitative estimate of drug-likeness (QED) is 0.311. The van der Waals surface area contributed by atoms with E-state index in [1.807, 2.05) is 0 Å². The highest BCUT2D eigenvalue weighted by Crippen LogP contribution is 2.50. The highest BCUT2D eigenvalue weighted by molar-refractivity contribution is 6.14. The molecule has 20 heavy (non-hydrogen) atoms. The van der Waals surface area contributed by atoms with E-state index >= 15 is 0 Å². The van der Waals surface area contributed by atoms with Gasteiger partial charge in [0.15, 0.2) is 11.5 Å². The molecule has 3 aromatic carbocycles. The fourth-order valence-corrected chi connectivity index (χ4v) is 2.35. The predicted octanol–water partition coefficient (Wildman–Crippen LogP) is 2.82. The number of methoxy groups -OCH3 is 1. The number of benzene rings is 3. The molecule has 0 bridgehead atoms. The second-order valence-electron chi connectivity index (χ2n) is 4.47. The van der Waals surface area contributed by atoms with E-state index in [4.69, 9.17) is 4.74 Å². The molecule has 3 aromatic rings. The fraction of sp³-hybridized carbons (Fsp3) is 0.0667. The molecule has 102 valence electrons. The normalized spacial score (nSPS) is 11.1. The van der Waals surface area contributed by atoms with Crippen LogP contribution in [0.4, 0.5) is 0 Å². The highest BCUT2D eigenvalue weighted by atomic mass is 16.5. The maximum atomic E-state index is 10.1. The molecule has 0 heterocycles. The second-order valence-corrected chi connectivity index (χ2v) is 4.47. The van der Waals surface area contributed by atoms with Crippen LogP contribution < -0.4 is 4.74 Å². The van der Waals surface area contributed by atoms with Gasteiger partial charge in [0.25, 0.3) is 0 Å². The van der Waals surface area contributed by atoms with Crippen LogP contribution in [-0.4, -0.2) is 27.5 Å². The van der Waals surface area contributed by atoms with Gasteiger partial charge in [0, 0.05) is 10.8 Å². The minimum absolute atomic E-state index is 0.249. The van der Waals surface area contributed by atoms with E-state index in [0.717, 1.165) is 5.39 Å². The standard InChI is InChI=1S/C15H12O5/c1-20-8-4-2-7-3-5-9-11(10(7)6-8)13(17)15(19)14(18)12(9)16/h2-6,16-19H,1H3. The van der Waals surface area contributed by atoms with E-state index in [2.05, 4.69) is 0 Å². The number of aromatic hydroxyl groups is 4. The van der Waals surface area contributed by atoms with E-state index < -0.39 is 23.0 Å². The number of ether oxygens (including phenoxy) is 1. The Balaban J connectivity index is 2.59. The zero-order chi connectivity index (χ0) is 14.4. The topological polar surface area (TPSA) is 90.2 Å². The van der Waals surface area contributed by atoms with Crippen molar-refractivity contribution < 1.29 is 25.2 Å². The number of hydrogen-bond donors (Lipinski definition) is 4. The minimum atomic E-state index is -0.745. The summed E-state index contributed by atoms with van der Waals surface area (Å²) in [5.74, 6) is -1.85. The number of hydrogen-bond acceptors (Lipinski definition) is 5. The molecule has 0 unspecified atom stereocenters. The summed E-state index contributed by atoms with van der Waals surface area (Å²) in [7, 11) is 1.52. The molecular weight excluding hydrogens is 260 g/mol. The molecule has 0 aromatic heterocycles. The third kappa shape index (κ3) is 1.50. The number of phenols is 4. The molecular formula is C15H12O5. The van der Waals surface area contributed by atoms with Crippen molar-refractivity contribution in [1.29, 1.82) is 0 Å². The smallest absolute Gasteiger partial charge is 0.204 e. The maximum Gasteiger partial charge on any atom is 0.204 e. The third-order valence-electron chi connectivity index (χ3n) is 3.39. The Labute approximate surface area is 113 Å². The molecule has 0 atom stereocenters. The molecule has 3 rings (SSSR count). The van der Waals surface area contributed by atoms with Gasteiger partial charge in [-0.25, -0.2) is 0 Å². The second kappa shape index (κ2) is 4.09. The van der Waals surface area contributed by atoms with Gasteiger partial charge >= 0.3 is 0 Å². The van der Waals surface area contributed by atoms with Crippen molar-refractivity contribution in [3.8, 4) is 28.7 Å². The molecule has 0 radical (unpaired) electrons. The summed E-state index contributed by atoms with van der Waals surface area (Å²) < 4.78 is 5.14. The Bertz CT molecular complexity index is 839. The van der Waals surface area contributed by atoms with Crippen molar-refractivity contribution in [3.63, 3.8) is 0 Å². The molecule has 0 saturated heterocycles. The van der Waals surface area contributed by atoms with Gasteiger partial charge in [0.05, 0.1) is 7.11 Å². The van der Waals surface area contributed by atoms with Crippen molar-refractivity contribution in [2.75, 3.05) is 7.11 Å². The van der Waals surface area contributed by atoms with Crippen molar-refractivity contribution >= 4 is 21.5 Å². The van der Waals surface area contributed by atoms with Crippen LogP contribution in [-0.2, 0) is 0 Å². The Kier molecular flexibility index (Phi) is 2.50. The van der Waals surface area contributed by atoms with Crippen LogP contribution in [0.2, 0.25) is 0 Å². The lowest BCUT2D eigenvalue weighted by Crippen LogP contribution is -1.85. The van der Waals surface area contributed by atoms with Crippen LogP contribution in [0, 0.1) is 0 Å². The van der Waals surface area contributed by atoms with Crippen LogP contribution in [0.5, 0.6) is 28.7 Å². The molecule has 0 aliphatic carbocycles. The molecule has 0 aliphatic heterocycles. The van der Waals surface area contributed by atoms with Crippen LogP contribution >= 0.6 is 0 Å². The first-order valence-electron chi connectivity index (χ1n) is 5.91. The van der Waals surface area contributed by atoms with Crippen molar-refractivity contribution in [2.45, 2.75) is 0 Å². The van der Waals surface area contributed by atoms with Crippen molar-refractivity contribution in [1.82, 2.24) is 0 Å². The lowest BCUT2D eigenvalue weighted by molar-refractivity contribution is 0.351. The van der Waals surface area contributed by atoms with Crippen LogP contribution in [0.25, 0.3) is 21.5 Å². The SMILES string of the molecule is COc1ccc2ccc3c(O)c(O)c(O)c(O)c3c2c1. The van der Waals surface area contributed by atoms with Crippen LogP contribution in [0.1, 0.15) is 0 Å². The average molecular weight is 272 g/mol. The predicted molar refractivity (Wildman–Crippen MR) is 74.7 cm³/mol. The number of fused-ring (bicyclic) bond motifs is 3. The molecule has 0 aliphatic rings. The molecule has 0 saturated carbocycles. The Morgan fingerprint density at radius 1 is 0.750 bits per heavy atom. The zero-order valence-electron chi connectivity index (χ0n) is 10.6. The number of phenolic OH excluding ortho intramolecular Hbond substituents is 4. The van der Waals surface area contributed by atoms with Gasteiger partial charge in [-0.1, -0.05) is 12.1 Å². The summed E-state index contributed by atoms with van der Waals surface area (Å²) in [6.07, 6.45) is 0. The van der Waals surface area contributed by atoms with Crippen LogP contribution in [0.3, 0.4) is 0 Å². The first kappa shape index (κ1) is 12.2. The Hall–Kier alpha value is -2.82. The average Bonchev–Trinajstić information content (AvgIpc) is 2.49. The lowest BCUT2D eigenvalue weighted by Gasteiger charge is -2.12. The van der Waals surface area contributed by atoms with Gasteiger partial charge < -0.3 is 25.2 Å². The van der Waals surface area contributed by atoms with Crippen molar-refractivity contribution in [2.24, 2.45) is 0 Å². The van der Waals surface area contributed by atoms with E-state index in [9.17, 15) is 20.4 Å². The molecule has 0 fully saturated rings. The summed E-state index contributed by atoms with van der Waals surface area (Å²) in [5.41, 5.74) is 0. The largest absolute Gasteiger partial charge is 0.504 e. The third-order valence-corrected chi connectivity index (χ3v) is 3.39. The first-order valence-corrected chi connectivity index (χ1v) is 5.91. The minimum Gasteiger partial charge on any atom is -0.504 e. The first-order chi connectivity index (χ1) is 9.54. The number of rotatable bonds is 1. The summed E-state index contributed by atoms with van der Waals surface area (Å²) >= 11 is 0. The fourth-order valence-electron chi connectivity index (χ4n) is 2.35. The molecule has 0 amide bonds. The van der Waals surface area contributed by atoms with Gasteiger partial charge in [-0.05, 0) is 29.0 Å². The van der Waals surface area contributed by atoms with Crippen molar-refractivity contribution in [3.05, 3.63) is 30.3 Å². The summed E-state index contributed by atoms with van der Waals surface area (Å²) in [4.78, 5) is 0. The van der Waals surface area contributed by atoms with Gasteiger partial charge in [-0.2, -0.15) is 0 Å². The summed E-state index contributed by atoms with van der Waals surface area (Å²) in [5, 5.41) is 41.1. The zero-order valence-corrected chi connectivity index (χ0v) is 10.6. The Morgan fingerprint density at radius 2 is 1.40 bits per heavy atom. The van der Waals surface area contributed by atoms with E-state index in [1.54, 1.807) is 30.3 Å². The maximum absolute atomic E-state index is 10.1. The summed E-state index contributed by atoms with van der Waals surface area (Å²) in [6.45, 7) is 0. The van der Waals surface area contributed by atoms with E-state index in [0.29, 0.717) is 11.1 Å².